The van der Waals surface area contributed by atoms with Crippen molar-refractivity contribution in [3.8, 4) is 12.3 Å². The van der Waals surface area contributed by atoms with Crippen LogP contribution in [-0.4, -0.2) is 15.3 Å². The van der Waals surface area contributed by atoms with Gasteiger partial charge in [0, 0.05) is 18.5 Å². The average molecular weight is 241 g/mol. The van der Waals surface area contributed by atoms with E-state index in [9.17, 15) is 0 Å². The number of aromatic nitrogens is 2. The van der Waals surface area contributed by atoms with Crippen LogP contribution in [0.3, 0.4) is 0 Å². The lowest BCUT2D eigenvalue weighted by Crippen LogP contribution is -2.37. The van der Waals surface area contributed by atoms with Crippen molar-refractivity contribution in [2.75, 3.05) is 0 Å². The number of aryl methyl sites for hydroxylation is 1. The predicted octanol–water partition coefficient (Wildman–Crippen LogP) is 2.56. The number of fused-ring (bicyclic) bond motifs is 1. The van der Waals surface area contributed by atoms with E-state index in [1.807, 2.05) is 30.7 Å². The Morgan fingerprint density at radius 1 is 1.39 bits per heavy atom. The normalized spacial score (nSPS) is 11.7. The second-order valence-electron chi connectivity index (χ2n) is 4.90. The zero-order valence-corrected chi connectivity index (χ0v) is 11.2. The maximum atomic E-state index is 5.48. The van der Waals surface area contributed by atoms with Crippen molar-refractivity contribution < 1.29 is 0 Å². The van der Waals surface area contributed by atoms with E-state index in [4.69, 9.17) is 6.42 Å². The van der Waals surface area contributed by atoms with Crippen molar-refractivity contribution in [3.63, 3.8) is 0 Å². The van der Waals surface area contributed by atoms with Gasteiger partial charge in [0.2, 0.25) is 0 Å². The number of hydrogen-bond acceptors (Lipinski definition) is 2. The summed E-state index contributed by atoms with van der Waals surface area (Å²) in [6, 6.07) is 8.29. The van der Waals surface area contributed by atoms with Gasteiger partial charge in [0.1, 0.15) is 0 Å². The van der Waals surface area contributed by atoms with Gasteiger partial charge in [0.25, 0.3) is 0 Å². The first-order valence-electron chi connectivity index (χ1n) is 6.24. The lowest BCUT2D eigenvalue weighted by atomic mass is 10.1. The number of benzene rings is 1. The van der Waals surface area contributed by atoms with Crippen LogP contribution in [0.5, 0.6) is 0 Å². The van der Waals surface area contributed by atoms with Gasteiger partial charge in [0.15, 0.2) is 0 Å². The van der Waals surface area contributed by atoms with Crippen LogP contribution in [0.2, 0.25) is 0 Å². The molecule has 0 atom stereocenters. The standard InChI is InChI=1S/C15H19N3/c1-5-15(3,4)16-11-13-12-9-7-8-10-14(12)18(6-2)17-13/h1,7-10,16H,6,11H2,2-4H3. The van der Waals surface area contributed by atoms with E-state index in [1.165, 1.54) is 10.9 Å². The molecule has 0 saturated heterocycles. The van der Waals surface area contributed by atoms with Crippen LogP contribution in [-0.2, 0) is 13.1 Å². The molecule has 0 aliphatic heterocycles. The SMILES string of the molecule is C#CC(C)(C)NCc1nn(CC)c2ccccc12. The second kappa shape index (κ2) is 4.83. The third kappa shape index (κ3) is 2.39. The van der Waals surface area contributed by atoms with Crippen LogP contribution in [0.1, 0.15) is 26.5 Å². The Morgan fingerprint density at radius 2 is 2.11 bits per heavy atom. The molecular weight excluding hydrogens is 222 g/mol. The third-order valence-electron chi connectivity index (χ3n) is 3.09. The largest absolute Gasteiger partial charge is 0.296 e. The Hall–Kier alpha value is -1.79. The molecule has 94 valence electrons. The van der Waals surface area contributed by atoms with Crippen LogP contribution in [0.25, 0.3) is 10.9 Å². The number of nitrogens with one attached hydrogen (secondary N) is 1. The fourth-order valence-electron chi connectivity index (χ4n) is 1.92. The van der Waals surface area contributed by atoms with Gasteiger partial charge in [0.05, 0.1) is 16.7 Å². The summed E-state index contributed by atoms with van der Waals surface area (Å²) in [6.45, 7) is 7.64. The molecule has 0 fully saturated rings. The highest BCUT2D eigenvalue weighted by Crippen LogP contribution is 2.18. The maximum absolute atomic E-state index is 5.48. The third-order valence-corrected chi connectivity index (χ3v) is 3.09. The quantitative estimate of drug-likeness (QED) is 0.834. The highest BCUT2D eigenvalue weighted by molar-refractivity contribution is 5.81. The summed E-state index contributed by atoms with van der Waals surface area (Å²) >= 11 is 0. The van der Waals surface area contributed by atoms with Crippen molar-refractivity contribution in [1.29, 1.82) is 0 Å². The fourth-order valence-corrected chi connectivity index (χ4v) is 1.92. The maximum Gasteiger partial charge on any atom is 0.0841 e. The van der Waals surface area contributed by atoms with Crippen molar-refractivity contribution in [2.24, 2.45) is 0 Å². The molecule has 2 aromatic rings. The van der Waals surface area contributed by atoms with E-state index < -0.39 is 0 Å². The van der Waals surface area contributed by atoms with E-state index in [0.717, 1.165) is 12.2 Å². The minimum atomic E-state index is -0.308. The first-order chi connectivity index (χ1) is 8.57. The number of rotatable bonds is 4. The highest BCUT2D eigenvalue weighted by atomic mass is 15.3. The van der Waals surface area contributed by atoms with Gasteiger partial charge in [-0.05, 0) is 26.8 Å². The predicted molar refractivity (Wildman–Crippen MR) is 75.2 cm³/mol. The molecule has 2 rings (SSSR count). The lowest BCUT2D eigenvalue weighted by Gasteiger charge is -2.18. The molecule has 1 heterocycles. The van der Waals surface area contributed by atoms with E-state index in [2.05, 4.69) is 35.4 Å². The van der Waals surface area contributed by atoms with Gasteiger partial charge in [-0.2, -0.15) is 5.10 Å². The Bertz CT molecular complexity index is 587. The van der Waals surface area contributed by atoms with E-state index in [-0.39, 0.29) is 5.54 Å². The lowest BCUT2D eigenvalue weighted by molar-refractivity contribution is 0.484. The van der Waals surface area contributed by atoms with Crippen LogP contribution in [0, 0.1) is 12.3 Å². The molecule has 3 heteroatoms. The fraction of sp³-hybridized carbons (Fsp3) is 0.400. The minimum Gasteiger partial charge on any atom is -0.296 e. The summed E-state index contributed by atoms with van der Waals surface area (Å²) in [5.74, 6) is 2.73. The van der Waals surface area contributed by atoms with Gasteiger partial charge in [-0.25, -0.2) is 0 Å². The first kappa shape index (κ1) is 12.7. The molecule has 0 aliphatic rings. The summed E-state index contributed by atoms with van der Waals surface area (Å²) in [5.41, 5.74) is 1.92. The Morgan fingerprint density at radius 3 is 2.78 bits per heavy atom. The van der Waals surface area contributed by atoms with Crippen molar-refractivity contribution in [3.05, 3.63) is 30.0 Å². The van der Waals surface area contributed by atoms with Crippen LogP contribution in [0.15, 0.2) is 24.3 Å². The average Bonchev–Trinajstić information content (AvgIpc) is 2.75. The first-order valence-corrected chi connectivity index (χ1v) is 6.24. The van der Waals surface area contributed by atoms with Crippen LogP contribution < -0.4 is 5.32 Å². The monoisotopic (exact) mass is 241 g/mol. The molecule has 0 bridgehead atoms. The Balaban J connectivity index is 2.32. The molecule has 0 amide bonds. The topological polar surface area (TPSA) is 29.9 Å². The minimum absolute atomic E-state index is 0.308. The van der Waals surface area contributed by atoms with Gasteiger partial charge in [-0.15, -0.1) is 6.42 Å². The van der Waals surface area contributed by atoms with Crippen LogP contribution >= 0.6 is 0 Å². The summed E-state index contributed by atoms with van der Waals surface area (Å²) in [4.78, 5) is 0. The molecule has 0 aliphatic carbocycles. The van der Waals surface area contributed by atoms with Crippen molar-refractivity contribution in [1.82, 2.24) is 15.1 Å². The van der Waals surface area contributed by atoms with Crippen molar-refractivity contribution in [2.45, 2.75) is 39.4 Å². The van der Waals surface area contributed by atoms with Crippen molar-refractivity contribution >= 4 is 10.9 Å². The summed E-state index contributed by atoms with van der Waals surface area (Å²) < 4.78 is 2.02. The molecule has 0 spiro atoms. The number of terminal acetylenes is 1. The van der Waals surface area contributed by atoms with E-state index in [0.29, 0.717) is 6.54 Å². The molecule has 0 unspecified atom stereocenters. The van der Waals surface area contributed by atoms with Gasteiger partial charge < -0.3 is 0 Å². The Kier molecular flexibility index (Phi) is 3.40. The van der Waals surface area contributed by atoms with Gasteiger partial charge >= 0.3 is 0 Å². The Labute approximate surface area is 108 Å². The molecular formula is C15H19N3. The molecule has 1 aromatic heterocycles. The summed E-state index contributed by atoms with van der Waals surface area (Å²) in [6.07, 6.45) is 5.48. The molecule has 0 saturated carbocycles. The zero-order valence-electron chi connectivity index (χ0n) is 11.2. The second-order valence-corrected chi connectivity index (χ2v) is 4.90. The van der Waals surface area contributed by atoms with Gasteiger partial charge in [-0.1, -0.05) is 24.1 Å². The molecule has 1 aromatic carbocycles. The molecule has 1 N–H and O–H groups in total. The number of para-hydroxylation sites is 1. The molecule has 0 radical (unpaired) electrons. The van der Waals surface area contributed by atoms with E-state index >= 15 is 0 Å². The summed E-state index contributed by atoms with van der Waals surface area (Å²) in [5, 5.41) is 9.17. The molecule has 18 heavy (non-hydrogen) atoms. The zero-order chi connectivity index (χ0) is 13.2. The van der Waals surface area contributed by atoms with Crippen LogP contribution in [0.4, 0.5) is 0 Å². The summed E-state index contributed by atoms with van der Waals surface area (Å²) in [7, 11) is 0. The van der Waals surface area contributed by atoms with Gasteiger partial charge in [-0.3, -0.25) is 10.00 Å². The smallest absolute Gasteiger partial charge is 0.0841 e. The number of hydrogen-bond donors (Lipinski definition) is 1. The highest BCUT2D eigenvalue weighted by Gasteiger charge is 2.15. The van der Waals surface area contributed by atoms with E-state index in [1.54, 1.807) is 0 Å². The molecule has 3 nitrogen and oxygen atoms in total. The number of nitrogens with zero attached hydrogens (tertiary/aromatic N) is 2.